The lowest BCUT2D eigenvalue weighted by atomic mass is 9.92. The lowest BCUT2D eigenvalue weighted by molar-refractivity contribution is 0.240. The predicted molar refractivity (Wildman–Crippen MR) is 66.7 cm³/mol. The van der Waals surface area contributed by atoms with Crippen molar-refractivity contribution in [2.75, 3.05) is 6.54 Å². The molecule has 1 aliphatic heterocycles. The smallest absolute Gasteiger partial charge is 0.246 e. The third kappa shape index (κ3) is 2.68. The molecule has 1 unspecified atom stereocenters. The first-order chi connectivity index (χ1) is 8.30. The Bertz CT molecular complexity index is 342. The SMILES string of the molecule is CCCCc1noc(C2(CCC)CCCN2)n1. The maximum atomic E-state index is 5.48. The number of aryl methyl sites for hydroxylation is 1. The predicted octanol–water partition coefficient (Wildman–Crippen LogP) is 2.79. The third-order valence-electron chi connectivity index (χ3n) is 3.55. The van der Waals surface area contributed by atoms with Crippen LogP contribution >= 0.6 is 0 Å². The minimum Gasteiger partial charge on any atom is -0.337 e. The van der Waals surface area contributed by atoms with E-state index in [2.05, 4.69) is 29.3 Å². The van der Waals surface area contributed by atoms with Crippen LogP contribution in [0.25, 0.3) is 0 Å². The van der Waals surface area contributed by atoms with Crippen LogP contribution in [-0.4, -0.2) is 16.7 Å². The van der Waals surface area contributed by atoms with Crippen LogP contribution in [0.15, 0.2) is 4.52 Å². The average molecular weight is 237 g/mol. The Kier molecular flexibility index (Phi) is 4.15. The number of nitrogens with zero attached hydrogens (tertiary/aromatic N) is 2. The van der Waals surface area contributed by atoms with Crippen LogP contribution in [0.1, 0.15) is 64.1 Å². The zero-order chi connectivity index (χ0) is 12.1. The molecule has 1 N–H and O–H groups in total. The summed E-state index contributed by atoms with van der Waals surface area (Å²) in [4.78, 5) is 4.58. The van der Waals surface area contributed by atoms with Crippen molar-refractivity contribution in [3.05, 3.63) is 11.7 Å². The maximum absolute atomic E-state index is 5.48. The number of aromatic nitrogens is 2. The van der Waals surface area contributed by atoms with Crippen molar-refractivity contribution in [1.29, 1.82) is 0 Å². The fourth-order valence-electron chi connectivity index (χ4n) is 2.62. The second kappa shape index (κ2) is 5.63. The van der Waals surface area contributed by atoms with Crippen LogP contribution in [0.3, 0.4) is 0 Å². The highest BCUT2D eigenvalue weighted by Gasteiger charge is 2.39. The van der Waals surface area contributed by atoms with E-state index in [-0.39, 0.29) is 5.54 Å². The standard InChI is InChI=1S/C13H23N3O/c1-3-5-7-11-15-12(17-16-11)13(8-4-2)9-6-10-14-13/h14H,3-10H2,1-2H3. The van der Waals surface area contributed by atoms with Gasteiger partial charge >= 0.3 is 0 Å². The van der Waals surface area contributed by atoms with Gasteiger partial charge in [0.15, 0.2) is 5.82 Å². The normalized spacial score (nSPS) is 24.4. The zero-order valence-electron chi connectivity index (χ0n) is 11.0. The van der Waals surface area contributed by atoms with Gasteiger partial charge in [-0.3, -0.25) is 0 Å². The fourth-order valence-corrected chi connectivity index (χ4v) is 2.62. The summed E-state index contributed by atoms with van der Waals surface area (Å²) >= 11 is 0. The van der Waals surface area contributed by atoms with E-state index in [9.17, 15) is 0 Å². The van der Waals surface area contributed by atoms with Gasteiger partial charge in [0, 0.05) is 6.42 Å². The van der Waals surface area contributed by atoms with E-state index in [1.807, 2.05) is 0 Å². The molecule has 4 heteroatoms. The Balaban J connectivity index is 2.10. The van der Waals surface area contributed by atoms with Crippen molar-refractivity contribution < 1.29 is 4.52 Å². The van der Waals surface area contributed by atoms with E-state index in [1.54, 1.807) is 0 Å². The minimum absolute atomic E-state index is 0.0355. The van der Waals surface area contributed by atoms with Crippen LogP contribution in [0.5, 0.6) is 0 Å². The van der Waals surface area contributed by atoms with Crippen LogP contribution in [0.2, 0.25) is 0 Å². The number of unbranched alkanes of at least 4 members (excludes halogenated alkanes) is 1. The molecule has 0 bridgehead atoms. The second-order valence-electron chi connectivity index (χ2n) is 4.98. The van der Waals surface area contributed by atoms with Crippen molar-refractivity contribution in [3.8, 4) is 0 Å². The minimum atomic E-state index is -0.0355. The van der Waals surface area contributed by atoms with Gasteiger partial charge in [-0.05, 0) is 32.2 Å². The summed E-state index contributed by atoms with van der Waals surface area (Å²) in [6, 6.07) is 0. The van der Waals surface area contributed by atoms with E-state index in [1.165, 1.54) is 12.8 Å². The van der Waals surface area contributed by atoms with Crippen LogP contribution < -0.4 is 5.32 Å². The van der Waals surface area contributed by atoms with Gasteiger partial charge in [0.05, 0.1) is 5.54 Å². The monoisotopic (exact) mass is 237 g/mol. The van der Waals surface area contributed by atoms with E-state index >= 15 is 0 Å². The van der Waals surface area contributed by atoms with Gasteiger partial charge in [0.1, 0.15) is 0 Å². The number of rotatable bonds is 6. The summed E-state index contributed by atoms with van der Waals surface area (Å²) in [5, 5.41) is 7.66. The molecular formula is C13H23N3O. The molecule has 1 saturated heterocycles. The second-order valence-corrected chi connectivity index (χ2v) is 4.98. The highest BCUT2D eigenvalue weighted by Crippen LogP contribution is 2.34. The summed E-state index contributed by atoms with van der Waals surface area (Å²) in [7, 11) is 0. The highest BCUT2D eigenvalue weighted by atomic mass is 16.5. The first-order valence-electron chi connectivity index (χ1n) is 6.89. The quantitative estimate of drug-likeness (QED) is 0.826. The van der Waals surface area contributed by atoms with Crippen molar-refractivity contribution in [2.45, 2.75) is 64.3 Å². The molecule has 2 rings (SSSR count). The van der Waals surface area contributed by atoms with Crippen LogP contribution in [0.4, 0.5) is 0 Å². The molecule has 1 aromatic rings. The van der Waals surface area contributed by atoms with Gasteiger partial charge in [-0.15, -0.1) is 0 Å². The molecule has 0 radical (unpaired) electrons. The summed E-state index contributed by atoms with van der Waals surface area (Å²) < 4.78 is 5.48. The number of hydrogen-bond donors (Lipinski definition) is 1. The van der Waals surface area contributed by atoms with E-state index in [0.717, 1.165) is 50.4 Å². The van der Waals surface area contributed by atoms with E-state index < -0.39 is 0 Å². The largest absolute Gasteiger partial charge is 0.337 e. The molecule has 96 valence electrons. The molecule has 0 amide bonds. The van der Waals surface area contributed by atoms with Gasteiger partial charge in [-0.25, -0.2) is 0 Å². The van der Waals surface area contributed by atoms with Crippen LogP contribution in [-0.2, 0) is 12.0 Å². The summed E-state index contributed by atoms with van der Waals surface area (Å²) in [6.07, 6.45) is 7.78. The van der Waals surface area contributed by atoms with E-state index in [0.29, 0.717) is 0 Å². The van der Waals surface area contributed by atoms with Crippen LogP contribution in [0, 0.1) is 0 Å². The first kappa shape index (κ1) is 12.6. The van der Waals surface area contributed by atoms with Crippen molar-refractivity contribution in [3.63, 3.8) is 0 Å². The van der Waals surface area contributed by atoms with Crippen molar-refractivity contribution in [1.82, 2.24) is 15.5 Å². The Morgan fingerprint density at radius 2 is 2.24 bits per heavy atom. The Labute approximate surface area is 103 Å². The molecule has 0 saturated carbocycles. The summed E-state index contributed by atoms with van der Waals surface area (Å²) in [6.45, 7) is 5.45. The molecule has 17 heavy (non-hydrogen) atoms. The average Bonchev–Trinajstić information content (AvgIpc) is 2.96. The van der Waals surface area contributed by atoms with Gasteiger partial charge < -0.3 is 9.84 Å². The lowest BCUT2D eigenvalue weighted by Crippen LogP contribution is -2.37. The highest BCUT2D eigenvalue weighted by molar-refractivity contribution is 5.06. The van der Waals surface area contributed by atoms with Crippen molar-refractivity contribution >= 4 is 0 Å². The molecule has 1 atom stereocenters. The molecule has 0 spiro atoms. The molecular weight excluding hydrogens is 214 g/mol. The van der Waals surface area contributed by atoms with Gasteiger partial charge in [-0.1, -0.05) is 31.8 Å². The number of hydrogen-bond acceptors (Lipinski definition) is 4. The third-order valence-corrected chi connectivity index (χ3v) is 3.55. The zero-order valence-corrected chi connectivity index (χ0v) is 11.0. The molecule has 0 aliphatic carbocycles. The molecule has 0 aromatic carbocycles. The van der Waals surface area contributed by atoms with Gasteiger partial charge in [0.2, 0.25) is 5.89 Å². The Morgan fingerprint density at radius 3 is 2.88 bits per heavy atom. The summed E-state index contributed by atoms with van der Waals surface area (Å²) in [5.74, 6) is 1.67. The van der Waals surface area contributed by atoms with E-state index in [4.69, 9.17) is 4.52 Å². The topological polar surface area (TPSA) is 51.0 Å². The molecule has 1 aliphatic rings. The number of nitrogens with one attached hydrogen (secondary N) is 1. The van der Waals surface area contributed by atoms with Gasteiger partial charge in [-0.2, -0.15) is 4.98 Å². The molecule has 1 aromatic heterocycles. The Hall–Kier alpha value is -0.900. The molecule has 4 nitrogen and oxygen atoms in total. The fraction of sp³-hybridized carbons (Fsp3) is 0.846. The lowest BCUT2D eigenvalue weighted by Gasteiger charge is -2.24. The van der Waals surface area contributed by atoms with Crippen molar-refractivity contribution in [2.24, 2.45) is 0 Å². The molecule has 2 heterocycles. The Morgan fingerprint density at radius 1 is 1.35 bits per heavy atom. The summed E-state index contributed by atoms with van der Waals surface area (Å²) in [5.41, 5.74) is -0.0355. The molecule has 1 fully saturated rings. The maximum Gasteiger partial charge on any atom is 0.246 e. The first-order valence-corrected chi connectivity index (χ1v) is 6.89. The van der Waals surface area contributed by atoms with Gasteiger partial charge in [0.25, 0.3) is 0 Å².